The van der Waals surface area contributed by atoms with Crippen molar-refractivity contribution in [2.75, 3.05) is 13.2 Å². The summed E-state index contributed by atoms with van der Waals surface area (Å²) in [6.45, 7) is 0.332. The Balaban J connectivity index is 2.47. The summed E-state index contributed by atoms with van der Waals surface area (Å²) in [4.78, 5) is 0. The van der Waals surface area contributed by atoms with Crippen LogP contribution in [0.25, 0.3) is 0 Å². The number of halogens is 5. The minimum atomic E-state index is -5.69. The molecule has 0 saturated heterocycles. The van der Waals surface area contributed by atoms with Crippen molar-refractivity contribution in [2.45, 2.75) is 31.9 Å². The Labute approximate surface area is 156 Å². The lowest BCUT2D eigenvalue weighted by atomic mass is 10.3. The van der Waals surface area contributed by atoms with Crippen LogP contribution in [0.1, 0.15) is 19.8 Å². The van der Waals surface area contributed by atoms with E-state index >= 15 is 0 Å². The second-order valence-corrected chi connectivity index (χ2v) is 9.01. The molecule has 0 aliphatic carbocycles. The first-order chi connectivity index (χ1) is 12.7. The fourth-order valence-corrected chi connectivity index (χ4v) is 5.65. The summed E-state index contributed by atoms with van der Waals surface area (Å²) in [6, 6.07) is 16.7. The Morgan fingerprint density at radius 1 is 0.778 bits per heavy atom. The topological polar surface area (TPSA) is 18.5 Å². The first-order valence-corrected chi connectivity index (χ1v) is 10.4. The standard InChI is InChI=1S/C19H21F5O2Si/c1-2-3-14-25-27(16-10-6-4-7-11-16,17-12-8-5-9-13-17)26-15-18(20,21)19(22,23)24/h4-13H,2-3,14-15H2,1H3. The predicted octanol–water partition coefficient (Wildman–Crippen LogP) is 4.27. The molecule has 0 atom stereocenters. The molecule has 0 aromatic heterocycles. The van der Waals surface area contributed by atoms with Gasteiger partial charge >= 0.3 is 20.7 Å². The highest BCUT2D eigenvalue weighted by atomic mass is 28.4. The smallest absolute Gasteiger partial charge is 0.388 e. The largest absolute Gasteiger partial charge is 0.455 e. The summed E-state index contributed by atoms with van der Waals surface area (Å²) in [7, 11) is -3.75. The number of alkyl halides is 5. The molecular weight excluding hydrogens is 383 g/mol. The molecule has 148 valence electrons. The van der Waals surface area contributed by atoms with Crippen LogP contribution in [0.15, 0.2) is 60.7 Å². The van der Waals surface area contributed by atoms with Gasteiger partial charge in [0.1, 0.15) is 6.61 Å². The molecule has 2 rings (SSSR count). The zero-order valence-electron chi connectivity index (χ0n) is 14.8. The SMILES string of the molecule is CCCCO[Si](OCC(F)(F)C(F)(F)F)(c1ccccc1)c1ccccc1. The van der Waals surface area contributed by atoms with Gasteiger partial charge in [-0.15, -0.1) is 0 Å². The molecule has 0 aliphatic rings. The van der Waals surface area contributed by atoms with Gasteiger partial charge in [0.25, 0.3) is 0 Å². The van der Waals surface area contributed by atoms with E-state index in [0.29, 0.717) is 16.8 Å². The van der Waals surface area contributed by atoms with E-state index < -0.39 is 27.3 Å². The Hall–Kier alpha value is -1.77. The van der Waals surface area contributed by atoms with Crippen LogP contribution >= 0.6 is 0 Å². The van der Waals surface area contributed by atoms with E-state index in [4.69, 9.17) is 8.85 Å². The Morgan fingerprint density at radius 3 is 1.67 bits per heavy atom. The van der Waals surface area contributed by atoms with E-state index in [1.807, 2.05) is 6.92 Å². The second kappa shape index (κ2) is 8.94. The lowest BCUT2D eigenvalue weighted by Crippen LogP contribution is -2.65. The van der Waals surface area contributed by atoms with Gasteiger partial charge in [-0.3, -0.25) is 0 Å². The molecule has 27 heavy (non-hydrogen) atoms. The summed E-state index contributed by atoms with van der Waals surface area (Å²) < 4.78 is 76.5. The minimum Gasteiger partial charge on any atom is -0.388 e. The second-order valence-electron chi connectivity index (χ2n) is 6.04. The maximum Gasteiger partial charge on any atom is 0.455 e. The molecule has 2 aromatic carbocycles. The lowest BCUT2D eigenvalue weighted by molar-refractivity contribution is -0.291. The maximum absolute atomic E-state index is 13.6. The van der Waals surface area contributed by atoms with Crippen molar-refractivity contribution in [3.8, 4) is 0 Å². The molecule has 2 aromatic rings. The van der Waals surface area contributed by atoms with Gasteiger partial charge in [0, 0.05) is 6.61 Å². The molecule has 0 N–H and O–H groups in total. The van der Waals surface area contributed by atoms with Gasteiger partial charge in [-0.05, 0) is 16.8 Å². The number of hydrogen-bond donors (Lipinski definition) is 0. The van der Waals surface area contributed by atoms with Crippen LogP contribution in [0.5, 0.6) is 0 Å². The highest BCUT2D eigenvalue weighted by Gasteiger charge is 2.59. The van der Waals surface area contributed by atoms with Gasteiger partial charge in [-0.25, -0.2) is 0 Å². The molecule has 0 saturated carbocycles. The molecule has 0 fully saturated rings. The van der Waals surface area contributed by atoms with Crippen molar-refractivity contribution in [3.05, 3.63) is 60.7 Å². The molecule has 0 aliphatic heterocycles. The maximum atomic E-state index is 13.6. The fourth-order valence-electron chi connectivity index (χ4n) is 2.49. The average molecular weight is 404 g/mol. The summed E-state index contributed by atoms with van der Waals surface area (Å²) in [5.41, 5.74) is 0. The summed E-state index contributed by atoms with van der Waals surface area (Å²) in [6.07, 6.45) is -4.27. The fraction of sp³-hybridized carbons (Fsp3) is 0.368. The lowest BCUT2D eigenvalue weighted by Gasteiger charge is -2.33. The molecule has 0 spiro atoms. The van der Waals surface area contributed by atoms with Crippen molar-refractivity contribution in [1.82, 2.24) is 0 Å². The van der Waals surface area contributed by atoms with Gasteiger partial charge in [0.2, 0.25) is 0 Å². The van der Waals surface area contributed by atoms with Crippen LogP contribution in [0.4, 0.5) is 22.0 Å². The predicted molar refractivity (Wildman–Crippen MR) is 95.7 cm³/mol. The molecule has 0 bridgehead atoms. The van der Waals surface area contributed by atoms with Crippen molar-refractivity contribution in [3.63, 3.8) is 0 Å². The molecule has 2 nitrogen and oxygen atoms in total. The third-order valence-electron chi connectivity index (χ3n) is 3.98. The Bertz CT molecular complexity index is 653. The number of hydrogen-bond acceptors (Lipinski definition) is 2. The van der Waals surface area contributed by atoms with Crippen LogP contribution < -0.4 is 10.4 Å². The number of unbranched alkanes of at least 4 members (excludes halogenated alkanes) is 1. The van der Waals surface area contributed by atoms with Crippen molar-refractivity contribution >= 4 is 18.9 Å². The van der Waals surface area contributed by atoms with Crippen molar-refractivity contribution < 1.29 is 30.8 Å². The minimum absolute atomic E-state index is 0.199. The van der Waals surface area contributed by atoms with Crippen LogP contribution in [-0.4, -0.2) is 33.9 Å². The molecule has 8 heteroatoms. The average Bonchev–Trinajstić information content (AvgIpc) is 2.65. The zero-order chi connectivity index (χ0) is 20.0. The third kappa shape index (κ3) is 5.15. The summed E-state index contributed by atoms with van der Waals surface area (Å²) in [5.74, 6) is -4.97. The van der Waals surface area contributed by atoms with Crippen LogP contribution in [0.3, 0.4) is 0 Å². The molecular formula is C19H21F5O2Si. The van der Waals surface area contributed by atoms with Crippen molar-refractivity contribution in [1.29, 1.82) is 0 Å². The Morgan fingerprint density at radius 2 is 1.26 bits per heavy atom. The van der Waals surface area contributed by atoms with Gasteiger partial charge in [-0.1, -0.05) is 74.0 Å². The van der Waals surface area contributed by atoms with Gasteiger partial charge < -0.3 is 8.85 Å². The van der Waals surface area contributed by atoms with Crippen molar-refractivity contribution in [2.24, 2.45) is 0 Å². The summed E-state index contributed by atoms with van der Waals surface area (Å²) in [5, 5.41) is 0.954. The van der Waals surface area contributed by atoms with E-state index in [1.54, 1.807) is 60.7 Å². The van der Waals surface area contributed by atoms with Crippen LogP contribution in [-0.2, 0) is 8.85 Å². The van der Waals surface area contributed by atoms with E-state index in [2.05, 4.69) is 0 Å². The van der Waals surface area contributed by atoms with E-state index in [1.165, 1.54) is 0 Å². The highest BCUT2D eigenvalue weighted by Crippen LogP contribution is 2.36. The van der Waals surface area contributed by atoms with Crippen LogP contribution in [0.2, 0.25) is 0 Å². The quantitative estimate of drug-likeness (QED) is 0.353. The van der Waals surface area contributed by atoms with E-state index in [9.17, 15) is 22.0 Å². The monoisotopic (exact) mass is 404 g/mol. The highest BCUT2D eigenvalue weighted by molar-refractivity contribution is 6.92. The molecule has 0 amide bonds. The molecule has 0 radical (unpaired) electrons. The van der Waals surface area contributed by atoms with Gasteiger partial charge in [0.15, 0.2) is 0 Å². The first kappa shape index (κ1) is 21.5. The van der Waals surface area contributed by atoms with E-state index in [-0.39, 0.29) is 6.61 Å². The van der Waals surface area contributed by atoms with Crippen LogP contribution in [0, 0.1) is 0 Å². The first-order valence-electron chi connectivity index (χ1n) is 8.56. The zero-order valence-corrected chi connectivity index (χ0v) is 15.8. The molecule has 0 unspecified atom stereocenters. The van der Waals surface area contributed by atoms with E-state index in [0.717, 1.165) is 6.42 Å². The Kier molecular flexibility index (Phi) is 7.13. The third-order valence-corrected chi connectivity index (χ3v) is 7.33. The number of rotatable bonds is 9. The van der Waals surface area contributed by atoms with Gasteiger partial charge in [0.05, 0.1) is 0 Å². The molecule has 0 heterocycles. The summed E-state index contributed by atoms with van der Waals surface area (Å²) >= 11 is 0. The van der Waals surface area contributed by atoms with Gasteiger partial charge in [-0.2, -0.15) is 22.0 Å². The number of benzene rings is 2. The normalized spacial score (nSPS) is 13.0.